The van der Waals surface area contributed by atoms with Crippen LogP contribution in [0.1, 0.15) is 0 Å². The fourth-order valence-electron chi connectivity index (χ4n) is 9.31. The first-order valence-corrected chi connectivity index (χ1v) is 21.0. The number of benzene rings is 8. The molecule has 8 aromatic carbocycles. The van der Waals surface area contributed by atoms with Gasteiger partial charge in [-0.15, -0.1) is 0 Å². The molecular weight excluding hydrogens is 773 g/mol. The van der Waals surface area contributed by atoms with Gasteiger partial charge in [-0.1, -0.05) is 127 Å². The number of fused-ring (bicyclic) bond motifs is 9. The molecule has 7 nitrogen and oxygen atoms in total. The molecule has 0 atom stereocenters. The lowest BCUT2D eigenvalue weighted by Gasteiger charge is -2.12. The molecule has 13 rings (SSSR count). The van der Waals surface area contributed by atoms with E-state index in [1.807, 2.05) is 79.0 Å². The van der Waals surface area contributed by atoms with E-state index in [1.54, 1.807) is 0 Å². The lowest BCUT2D eigenvalue weighted by molar-refractivity contribution is 0.668. The predicted octanol–water partition coefficient (Wildman–Crippen LogP) is 14.0. The van der Waals surface area contributed by atoms with Crippen LogP contribution in [-0.4, -0.2) is 29.1 Å². The van der Waals surface area contributed by atoms with Crippen molar-refractivity contribution in [3.8, 4) is 56.7 Å². The van der Waals surface area contributed by atoms with E-state index >= 15 is 0 Å². The molecule has 63 heavy (non-hydrogen) atoms. The summed E-state index contributed by atoms with van der Waals surface area (Å²) in [5.41, 5.74) is 14.2. The topological polar surface area (TPSA) is 74.6 Å². The van der Waals surface area contributed by atoms with Crippen molar-refractivity contribution in [2.45, 2.75) is 0 Å². The first-order chi connectivity index (χ1) is 31.2. The molecule has 0 spiro atoms. The Morgan fingerprint density at radius 2 is 0.889 bits per heavy atom. The Bertz CT molecular complexity index is 3860. The summed E-state index contributed by atoms with van der Waals surface area (Å²) >= 11 is 0. The van der Waals surface area contributed by atoms with Crippen molar-refractivity contribution < 1.29 is 4.42 Å². The summed E-state index contributed by atoms with van der Waals surface area (Å²) in [5.74, 6) is 1.89. The maximum atomic E-state index is 6.13. The van der Waals surface area contributed by atoms with Crippen molar-refractivity contribution in [2.75, 3.05) is 0 Å². The molecule has 0 aliphatic rings. The van der Waals surface area contributed by atoms with Crippen LogP contribution in [-0.2, 0) is 0 Å². The minimum absolute atomic E-state index is 0.619. The number of hydrogen-bond acceptors (Lipinski definition) is 5. The highest BCUT2D eigenvalue weighted by Crippen LogP contribution is 2.40. The van der Waals surface area contributed by atoms with Gasteiger partial charge >= 0.3 is 0 Å². The van der Waals surface area contributed by atoms with Gasteiger partial charge in [-0.3, -0.25) is 4.98 Å². The van der Waals surface area contributed by atoms with Crippen LogP contribution in [0.25, 0.3) is 122 Å². The lowest BCUT2D eigenvalue weighted by Crippen LogP contribution is -2.01. The number of nitrogens with zero attached hydrogens (tertiary/aromatic N) is 6. The molecule has 294 valence electrons. The third kappa shape index (κ3) is 5.67. The molecule has 0 aliphatic carbocycles. The Kier molecular flexibility index (Phi) is 7.77. The van der Waals surface area contributed by atoms with Crippen LogP contribution in [0.15, 0.2) is 211 Å². The third-order valence-corrected chi connectivity index (χ3v) is 12.2. The van der Waals surface area contributed by atoms with E-state index in [4.69, 9.17) is 19.4 Å². The second-order valence-corrected chi connectivity index (χ2v) is 15.9. The fourth-order valence-corrected chi connectivity index (χ4v) is 9.31. The summed E-state index contributed by atoms with van der Waals surface area (Å²) < 4.78 is 10.8. The molecule has 7 heteroatoms. The van der Waals surface area contributed by atoms with E-state index in [0.717, 1.165) is 83.3 Å². The zero-order chi connectivity index (χ0) is 41.4. The molecule has 0 bridgehead atoms. The Balaban J connectivity index is 0.956. The van der Waals surface area contributed by atoms with Gasteiger partial charge in [0.1, 0.15) is 11.1 Å². The number of rotatable bonds is 6. The van der Waals surface area contributed by atoms with E-state index < -0.39 is 0 Å². The van der Waals surface area contributed by atoms with E-state index in [2.05, 4.69) is 142 Å². The molecule has 5 aromatic heterocycles. The SMILES string of the molecule is c1ccc(-c2nc(-c3ccccc3)nc(-c3cccc(-n4c5ccccc5c5ccc(-c6ccc7c(c6)c6ccccc6n7-c6ccc7oc8cccnc8c7c6)cc54)c3)n2)cc1. The standard InChI is InChI=1S/C56H34N6O/c1-3-13-35(14-4-1)54-58-55(36-15-5-2-6-16-36)60-56(59-54)39-17-11-18-40(31-39)62-47-21-9-7-19-42(47)44-27-24-38(33-50(44)62)37-25-28-49-45(32-37)43-20-8-10-22-48(43)61(49)41-26-29-51-46(34-41)53-52(63-51)23-12-30-57-53/h1-34H. The van der Waals surface area contributed by atoms with E-state index in [0.29, 0.717) is 17.5 Å². The lowest BCUT2D eigenvalue weighted by atomic mass is 10.0. The average molecular weight is 807 g/mol. The van der Waals surface area contributed by atoms with Crippen LogP contribution in [0.2, 0.25) is 0 Å². The van der Waals surface area contributed by atoms with Crippen molar-refractivity contribution in [3.05, 3.63) is 206 Å². The third-order valence-electron chi connectivity index (χ3n) is 12.2. The monoisotopic (exact) mass is 806 g/mol. The molecule has 5 heterocycles. The van der Waals surface area contributed by atoms with Gasteiger partial charge in [0.15, 0.2) is 23.1 Å². The van der Waals surface area contributed by atoms with Gasteiger partial charge in [-0.25, -0.2) is 15.0 Å². The fraction of sp³-hybridized carbons (Fsp3) is 0. The quantitative estimate of drug-likeness (QED) is 0.167. The maximum Gasteiger partial charge on any atom is 0.164 e. The Morgan fingerprint density at radius 3 is 1.63 bits per heavy atom. The smallest absolute Gasteiger partial charge is 0.164 e. The zero-order valence-electron chi connectivity index (χ0n) is 33.7. The van der Waals surface area contributed by atoms with Crippen molar-refractivity contribution >= 4 is 65.7 Å². The number of pyridine rings is 1. The Hall–Kier alpha value is -8.68. The molecule has 0 aliphatic heterocycles. The normalized spacial score (nSPS) is 11.8. The molecule has 0 saturated carbocycles. The predicted molar refractivity (Wildman–Crippen MR) is 255 cm³/mol. The Labute approximate surface area is 360 Å². The summed E-state index contributed by atoms with van der Waals surface area (Å²) in [5, 5.41) is 5.77. The molecule has 13 aromatic rings. The van der Waals surface area contributed by atoms with Crippen LogP contribution < -0.4 is 0 Å². The maximum absolute atomic E-state index is 6.13. The number of furan rings is 1. The first-order valence-electron chi connectivity index (χ1n) is 21.0. The van der Waals surface area contributed by atoms with Gasteiger partial charge in [0.05, 0.1) is 22.1 Å². The van der Waals surface area contributed by atoms with E-state index in [-0.39, 0.29) is 0 Å². The van der Waals surface area contributed by atoms with Gasteiger partial charge in [0.25, 0.3) is 0 Å². The summed E-state index contributed by atoms with van der Waals surface area (Å²) in [6, 6.07) is 70.0. The van der Waals surface area contributed by atoms with Crippen molar-refractivity contribution in [1.29, 1.82) is 0 Å². The summed E-state index contributed by atoms with van der Waals surface area (Å²) in [7, 11) is 0. The molecule has 0 unspecified atom stereocenters. The number of para-hydroxylation sites is 2. The van der Waals surface area contributed by atoms with Gasteiger partial charge < -0.3 is 13.6 Å². The molecule has 0 fully saturated rings. The van der Waals surface area contributed by atoms with Crippen molar-refractivity contribution in [3.63, 3.8) is 0 Å². The summed E-state index contributed by atoms with van der Waals surface area (Å²) in [4.78, 5) is 19.7. The zero-order valence-corrected chi connectivity index (χ0v) is 33.7. The number of hydrogen-bond donors (Lipinski definition) is 0. The van der Waals surface area contributed by atoms with Crippen LogP contribution >= 0.6 is 0 Å². The second-order valence-electron chi connectivity index (χ2n) is 15.9. The minimum atomic E-state index is 0.619. The molecule has 0 amide bonds. The van der Waals surface area contributed by atoms with Crippen molar-refractivity contribution in [1.82, 2.24) is 29.1 Å². The highest BCUT2D eigenvalue weighted by molar-refractivity contribution is 6.13. The van der Waals surface area contributed by atoms with Crippen LogP contribution in [0, 0.1) is 0 Å². The second kappa shape index (κ2) is 13.9. The van der Waals surface area contributed by atoms with E-state index in [1.165, 1.54) is 21.5 Å². The van der Waals surface area contributed by atoms with Crippen LogP contribution in [0.5, 0.6) is 0 Å². The minimum Gasteiger partial charge on any atom is -0.454 e. The van der Waals surface area contributed by atoms with E-state index in [9.17, 15) is 0 Å². The summed E-state index contributed by atoms with van der Waals surface area (Å²) in [6.07, 6.45) is 1.82. The van der Waals surface area contributed by atoms with Crippen molar-refractivity contribution in [2.24, 2.45) is 0 Å². The molecule has 0 N–H and O–H groups in total. The first kappa shape index (κ1) is 35.1. The van der Waals surface area contributed by atoms with Gasteiger partial charge in [0, 0.05) is 61.2 Å². The molecule has 0 radical (unpaired) electrons. The summed E-state index contributed by atoms with van der Waals surface area (Å²) in [6.45, 7) is 0. The average Bonchev–Trinajstić information content (AvgIpc) is 4.01. The largest absolute Gasteiger partial charge is 0.454 e. The van der Waals surface area contributed by atoms with Crippen LogP contribution in [0.3, 0.4) is 0 Å². The number of aromatic nitrogens is 6. The van der Waals surface area contributed by atoms with Crippen LogP contribution in [0.4, 0.5) is 0 Å². The van der Waals surface area contributed by atoms with Gasteiger partial charge in [-0.2, -0.15) is 0 Å². The molecule has 0 saturated heterocycles. The molecular formula is C56H34N6O. The van der Waals surface area contributed by atoms with Gasteiger partial charge in [-0.05, 0) is 83.9 Å². The van der Waals surface area contributed by atoms with Gasteiger partial charge in [0.2, 0.25) is 0 Å². The highest BCUT2D eigenvalue weighted by Gasteiger charge is 2.19. The Morgan fingerprint density at radius 1 is 0.317 bits per heavy atom. The highest BCUT2D eigenvalue weighted by atomic mass is 16.3.